The van der Waals surface area contributed by atoms with Crippen molar-refractivity contribution in [2.75, 3.05) is 44.2 Å². The van der Waals surface area contributed by atoms with Gasteiger partial charge in [0.05, 0.1) is 29.2 Å². The van der Waals surface area contributed by atoms with Crippen molar-refractivity contribution in [3.8, 4) is 6.07 Å². The van der Waals surface area contributed by atoms with Gasteiger partial charge in [0.15, 0.2) is 0 Å². The number of aromatic nitrogens is 1. The van der Waals surface area contributed by atoms with Crippen LogP contribution in [0.15, 0.2) is 30.5 Å². The second kappa shape index (κ2) is 7.32. The first-order chi connectivity index (χ1) is 15.3. The summed E-state index contributed by atoms with van der Waals surface area (Å²) in [5.41, 5.74) is -2.27. The van der Waals surface area contributed by atoms with Gasteiger partial charge in [-0.15, -0.1) is 0 Å². The van der Waals surface area contributed by atoms with Crippen LogP contribution in [0.3, 0.4) is 0 Å². The molecule has 32 heavy (non-hydrogen) atoms. The highest BCUT2D eigenvalue weighted by Gasteiger charge is 2.86. The van der Waals surface area contributed by atoms with Gasteiger partial charge in [0.25, 0.3) is 0 Å². The van der Waals surface area contributed by atoms with Crippen LogP contribution in [0.2, 0.25) is 0 Å². The first-order valence-corrected chi connectivity index (χ1v) is 10.5. The molecule has 5 rings (SSSR count). The number of ether oxygens (including phenoxy) is 1. The van der Waals surface area contributed by atoms with Crippen LogP contribution in [0.4, 0.5) is 18.9 Å². The number of nitriles is 1. The van der Waals surface area contributed by atoms with E-state index in [2.05, 4.69) is 21.7 Å². The molecule has 1 aliphatic carbocycles. The molecule has 168 valence electrons. The maximum absolute atomic E-state index is 14.2. The topological polar surface area (TPSA) is 90.3 Å². The summed E-state index contributed by atoms with van der Waals surface area (Å²) in [6, 6.07) is 8.70. The molecular weight excluding hydrogens is 423 g/mol. The minimum atomic E-state index is -4.51. The van der Waals surface area contributed by atoms with Crippen molar-refractivity contribution >= 4 is 22.5 Å². The first-order valence-electron chi connectivity index (χ1n) is 10.5. The van der Waals surface area contributed by atoms with Crippen LogP contribution in [0.25, 0.3) is 10.9 Å². The molecular formula is C22H22F3N5O2. The van der Waals surface area contributed by atoms with E-state index >= 15 is 0 Å². The minimum Gasteiger partial charge on any atom is -0.374 e. The SMILES string of the molecule is N#Cc1ccc(N2C[C@@]3(C(=O)NC[C@@H]4CNCCO4)C[C@@]3(C(F)(F)F)C2)c2cccnc12. The zero-order chi connectivity index (χ0) is 22.6. The molecule has 10 heteroatoms. The van der Waals surface area contributed by atoms with Crippen LogP contribution in [-0.2, 0) is 9.53 Å². The number of pyridine rings is 1. The monoisotopic (exact) mass is 445 g/mol. The Kier molecular flexibility index (Phi) is 4.80. The fourth-order valence-electron chi connectivity index (χ4n) is 5.24. The number of carbonyl (C=O) groups is 1. The van der Waals surface area contributed by atoms with E-state index < -0.39 is 22.9 Å². The number of alkyl halides is 3. The second-order valence-corrected chi connectivity index (χ2v) is 8.75. The lowest BCUT2D eigenvalue weighted by Crippen LogP contribution is -2.48. The summed E-state index contributed by atoms with van der Waals surface area (Å²) in [5.74, 6) is -0.581. The number of fused-ring (bicyclic) bond motifs is 2. The first kappa shape index (κ1) is 21.0. The highest BCUT2D eigenvalue weighted by Crippen LogP contribution is 2.75. The van der Waals surface area contributed by atoms with Gasteiger partial charge in [0.1, 0.15) is 11.5 Å². The molecule has 0 spiro atoms. The highest BCUT2D eigenvalue weighted by molar-refractivity contribution is 5.97. The molecule has 3 fully saturated rings. The number of amides is 1. The molecule has 1 aromatic heterocycles. The lowest BCUT2D eigenvalue weighted by molar-refractivity contribution is -0.191. The van der Waals surface area contributed by atoms with E-state index in [1.807, 2.05) is 0 Å². The number of hydrogen-bond acceptors (Lipinski definition) is 6. The summed E-state index contributed by atoms with van der Waals surface area (Å²) < 4.78 is 48.2. The van der Waals surface area contributed by atoms with Crippen molar-refractivity contribution in [3.05, 3.63) is 36.0 Å². The molecule has 3 atom stereocenters. The largest absolute Gasteiger partial charge is 0.397 e. The van der Waals surface area contributed by atoms with E-state index in [-0.39, 0.29) is 32.2 Å². The fourth-order valence-corrected chi connectivity index (χ4v) is 5.24. The maximum atomic E-state index is 14.2. The second-order valence-electron chi connectivity index (χ2n) is 8.75. The predicted molar refractivity (Wildman–Crippen MR) is 110 cm³/mol. The molecule has 1 aromatic carbocycles. The molecule has 0 bridgehead atoms. The highest BCUT2D eigenvalue weighted by atomic mass is 19.4. The van der Waals surface area contributed by atoms with Crippen molar-refractivity contribution in [1.29, 1.82) is 5.26 Å². The lowest BCUT2D eigenvalue weighted by atomic mass is 9.94. The lowest BCUT2D eigenvalue weighted by Gasteiger charge is -2.26. The van der Waals surface area contributed by atoms with Gasteiger partial charge in [-0.25, -0.2) is 0 Å². The number of halogens is 3. The zero-order valence-corrected chi connectivity index (χ0v) is 17.2. The van der Waals surface area contributed by atoms with Crippen LogP contribution in [-0.4, -0.2) is 62.5 Å². The summed E-state index contributed by atoms with van der Waals surface area (Å²) >= 11 is 0. The Morgan fingerprint density at radius 2 is 2.22 bits per heavy atom. The molecule has 2 N–H and O–H groups in total. The Hall–Kier alpha value is -2.90. The number of piperidine rings is 1. The van der Waals surface area contributed by atoms with Crippen LogP contribution >= 0.6 is 0 Å². The maximum Gasteiger partial charge on any atom is 0.397 e. The number of benzene rings is 1. The molecule has 3 aliphatic rings. The van der Waals surface area contributed by atoms with Crippen LogP contribution in [0.5, 0.6) is 0 Å². The van der Waals surface area contributed by atoms with Gasteiger partial charge in [-0.2, -0.15) is 18.4 Å². The smallest absolute Gasteiger partial charge is 0.374 e. The summed E-state index contributed by atoms with van der Waals surface area (Å²) in [7, 11) is 0. The van der Waals surface area contributed by atoms with Gasteiger partial charge in [-0.05, 0) is 30.7 Å². The summed E-state index contributed by atoms with van der Waals surface area (Å²) in [6.07, 6.45) is -3.44. The van der Waals surface area contributed by atoms with E-state index in [0.29, 0.717) is 41.9 Å². The average Bonchev–Trinajstić information content (AvgIpc) is 3.35. The predicted octanol–water partition coefficient (Wildman–Crippen LogP) is 1.97. The van der Waals surface area contributed by atoms with Gasteiger partial charge in [-0.3, -0.25) is 9.78 Å². The van der Waals surface area contributed by atoms with Crippen molar-refractivity contribution in [2.45, 2.75) is 18.7 Å². The number of morpholine rings is 1. The number of nitrogens with zero attached hydrogens (tertiary/aromatic N) is 3. The van der Waals surface area contributed by atoms with Gasteiger partial charge in [0.2, 0.25) is 5.91 Å². The van der Waals surface area contributed by atoms with E-state index in [1.54, 1.807) is 35.4 Å². The molecule has 1 saturated carbocycles. The van der Waals surface area contributed by atoms with Crippen LogP contribution < -0.4 is 15.5 Å². The van der Waals surface area contributed by atoms with Crippen molar-refractivity contribution < 1.29 is 22.7 Å². The van der Waals surface area contributed by atoms with Crippen LogP contribution in [0.1, 0.15) is 12.0 Å². The summed E-state index contributed by atoms with van der Waals surface area (Å²) in [4.78, 5) is 18.9. The van der Waals surface area contributed by atoms with Crippen molar-refractivity contribution in [1.82, 2.24) is 15.6 Å². The Balaban J connectivity index is 1.44. The third-order valence-electron chi connectivity index (χ3n) is 7.00. The van der Waals surface area contributed by atoms with Crippen LogP contribution in [0, 0.1) is 22.2 Å². The number of rotatable bonds is 4. The number of carbonyl (C=O) groups excluding carboxylic acids is 1. The average molecular weight is 445 g/mol. The third-order valence-corrected chi connectivity index (χ3v) is 7.00. The third kappa shape index (κ3) is 3.03. The zero-order valence-electron chi connectivity index (χ0n) is 17.2. The van der Waals surface area contributed by atoms with Gasteiger partial charge in [0, 0.05) is 50.0 Å². The molecule has 0 unspecified atom stereocenters. The molecule has 2 aliphatic heterocycles. The van der Waals surface area contributed by atoms with E-state index in [1.165, 1.54) is 0 Å². The Labute approximate surface area is 182 Å². The van der Waals surface area contributed by atoms with Crippen molar-refractivity contribution in [2.24, 2.45) is 10.8 Å². The van der Waals surface area contributed by atoms with E-state index in [4.69, 9.17) is 4.74 Å². The van der Waals surface area contributed by atoms with Gasteiger partial charge in [-0.1, -0.05) is 0 Å². The molecule has 2 aromatic rings. The van der Waals surface area contributed by atoms with Gasteiger partial charge < -0.3 is 20.3 Å². The molecule has 1 amide bonds. The summed E-state index contributed by atoms with van der Waals surface area (Å²) in [6.45, 7) is 1.60. The standard InChI is InChI=1S/C22H22F3N5O2/c23-22(24,25)21-11-20(21,19(31)29-10-15-9-27-6-7-32-15)12-30(13-21)17-4-3-14(8-26)18-16(17)2-1-5-28-18/h1-5,15,27H,6-7,9-13H2,(H,29,31)/t15-,20+,21+/m0/s1. The Morgan fingerprint density at radius 1 is 1.38 bits per heavy atom. The molecule has 7 nitrogen and oxygen atoms in total. The van der Waals surface area contributed by atoms with Gasteiger partial charge >= 0.3 is 6.18 Å². The molecule has 3 heterocycles. The Morgan fingerprint density at radius 3 is 2.94 bits per heavy atom. The normalized spacial score (nSPS) is 29.4. The number of hydrogen-bond donors (Lipinski definition) is 2. The van der Waals surface area contributed by atoms with E-state index in [9.17, 15) is 23.2 Å². The number of nitrogens with one attached hydrogen (secondary N) is 2. The molecule has 2 saturated heterocycles. The van der Waals surface area contributed by atoms with Crippen molar-refractivity contribution in [3.63, 3.8) is 0 Å². The Bertz CT molecular complexity index is 1110. The summed E-state index contributed by atoms with van der Waals surface area (Å²) in [5, 5.41) is 15.8. The quantitative estimate of drug-likeness (QED) is 0.748. The minimum absolute atomic E-state index is 0.0436. The molecule has 0 radical (unpaired) electrons. The fraction of sp³-hybridized carbons (Fsp3) is 0.500. The van der Waals surface area contributed by atoms with E-state index in [0.717, 1.165) is 0 Å². The number of anilines is 1.